The molecule has 0 saturated carbocycles. The fourth-order valence-corrected chi connectivity index (χ4v) is 4.23. The molecule has 0 atom stereocenters. The molecule has 3 aromatic rings. The van der Waals surface area contributed by atoms with E-state index >= 15 is 0 Å². The maximum atomic E-state index is 12.8. The van der Waals surface area contributed by atoms with E-state index in [4.69, 9.17) is 0 Å². The number of hydrogen-bond donors (Lipinski definition) is 1. The van der Waals surface area contributed by atoms with E-state index in [1.54, 1.807) is 11.8 Å². The molecule has 0 aliphatic rings. The molecular weight excluding hydrogens is 433 g/mol. The Morgan fingerprint density at radius 3 is 2.57 bits per heavy atom. The van der Waals surface area contributed by atoms with Crippen molar-refractivity contribution in [2.75, 3.05) is 11.1 Å². The molecule has 1 aromatic heterocycles. The maximum absolute atomic E-state index is 12.8. The molecule has 5 nitrogen and oxygen atoms in total. The molecule has 158 valence electrons. The smallest absolute Gasteiger partial charge is 0.325 e. The first-order valence-corrected chi connectivity index (χ1v) is 11.1. The summed E-state index contributed by atoms with van der Waals surface area (Å²) in [6.07, 6.45) is -4.46. The predicted octanol–water partition coefficient (Wildman–Crippen LogP) is 5.00. The number of nitrogens with zero attached hydrogens (tertiary/aromatic N) is 3. The van der Waals surface area contributed by atoms with Crippen LogP contribution in [0.5, 0.6) is 0 Å². The van der Waals surface area contributed by atoms with Crippen LogP contribution in [0.2, 0.25) is 0 Å². The maximum Gasteiger partial charge on any atom is 0.416 e. The number of alkyl halides is 3. The van der Waals surface area contributed by atoms with E-state index in [0.717, 1.165) is 23.7 Å². The topological polar surface area (TPSA) is 59.8 Å². The number of nitrogens with one attached hydrogen (secondary N) is 1. The highest BCUT2D eigenvalue weighted by atomic mass is 32.2. The SMILES string of the molecule is Cn1c(CSCc2ccccc2)nnc1SCC(=O)Nc1cccc(C(F)(F)F)c1. The van der Waals surface area contributed by atoms with Crippen LogP contribution in [0.25, 0.3) is 0 Å². The Balaban J connectivity index is 1.49. The Kier molecular flexibility index (Phi) is 7.43. The highest BCUT2D eigenvalue weighted by Crippen LogP contribution is 2.30. The monoisotopic (exact) mass is 452 g/mol. The lowest BCUT2D eigenvalue weighted by Crippen LogP contribution is -2.15. The number of anilines is 1. The van der Waals surface area contributed by atoms with Crippen molar-refractivity contribution >= 4 is 35.1 Å². The van der Waals surface area contributed by atoms with Gasteiger partial charge in [0.15, 0.2) is 5.16 Å². The number of hydrogen-bond acceptors (Lipinski definition) is 5. The second-order valence-electron chi connectivity index (χ2n) is 6.35. The Bertz CT molecular complexity index is 993. The number of carbonyl (C=O) groups excluding carboxylic acids is 1. The van der Waals surface area contributed by atoms with E-state index in [2.05, 4.69) is 27.6 Å². The molecule has 1 N–H and O–H groups in total. The molecular formula is C20H19F3N4OS2. The fourth-order valence-electron chi connectivity index (χ4n) is 2.53. The average molecular weight is 453 g/mol. The molecule has 3 rings (SSSR count). The van der Waals surface area contributed by atoms with Gasteiger partial charge in [-0.3, -0.25) is 4.79 Å². The van der Waals surface area contributed by atoms with Crippen LogP contribution < -0.4 is 5.32 Å². The molecule has 0 bridgehead atoms. The van der Waals surface area contributed by atoms with Gasteiger partial charge in [-0.15, -0.1) is 22.0 Å². The Morgan fingerprint density at radius 1 is 1.07 bits per heavy atom. The van der Waals surface area contributed by atoms with Gasteiger partial charge in [0.2, 0.25) is 5.91 Å². The lowest BCUT2D eigenvalue weighted by Gasteiger charge is -2.09. The number of aromatic nitrogens is 3. The second kappa shape index (κ2) is 10.0. The molecule has 0 fully saturated rings. The molecule has 30 heavy (non-hydrogen) atoms. The van der Waals surface area contributed by atoms with Crippen molar-refractivity contribution in [3.8, 4) is 0 Å². The fraction of sp³-hybridized carbons (Fsp3) is 0.250. The third-order valence-electron chi connectivity index (χ3n) is 4.07. The van der Waals surface area contributed by atoms with Crippen LogP contribution in [0.1, 0.15) is 17.0 Å². The van der Waals surface area contributed by atoms with Crippen LogP contribution >= 0.6 is 23.5 Å². The number of benzene rings is 2. The summed E-state index contributed by atoms with van der Waals surface area (Å²) in [7, 11) is 1.82. The van der Waals surface area contributed by atoms with Gasteiger partial charge in [0.25, 0.3) is 0 Å². The van der Waals surface area contributed by atoms with Gasteiger partial charge in [-0.2, -0.15) is 13.2 Å². The molecule has 0 unspecified atom stereocenters. The molecule has 0 spiro atoms. The Morgan fingerprint density at radius 2 is 1.83 bits per heavy atom. The largest absolute Gasteiger partial charge is 0.416 e. The van der Waals surface area contributed by atoms with Gasteiger partial charge in [0.1, 0.15) is 5.82 Å². The zero-order chi connectivity index (χ0) is 21.6. The van der Waals surface area contributed by atoms with Gasteiger partial charge in [-0.25, -0.2) is 0 Å². The molecule has 1 heterocycles. The third kappa shape index (κ3) is 6.27. The van der Waals surface area contributed by atoms with Crippen molar-refractivity contribution in [3.63, 3.8) is 0 Å². The molecule has 2 aromatic carbocycles. The highest BCUT2D eigenvalue weighted by Gasteiger charge is 2.30. The van der Waals surface area contributed by atoms with Gasteiger partial charge in [-0.1, -0.05) is 48.2 Å². The number of halogens is 3. The van der Waals surface area contributed by atoms with Crippen LogP contribution in [-0.2, 0) is 29.5 Å². The summed E-state index contributed by atoms with van der Waals surface area (Å²) in [5.41, 5.74) is 0.524. The summed E-state index contributed by atoms with van der Waals surface area (Å²) in [4.78, 5) is 12.1. The van der Waals surface area contributed by atoms with E-state index in [9.17, 15) is 18.0 Å². The first-order chi connectivity index (χ1) is 14.3. The average Bonchev–Trinajstić information content (AvgIpc) is 3.06. The van der Waals surface area contributed by atoms with Gasteiger partial charge < -0.3 is 9.88 Å². The predicted molar refractivity (Wildman–Crippen MR) is 113 cm³/mol. The molecule has 0 aliphatic heterocycles. The summed E-state index contributed by atoms with van der Waals surface area (Å²) >= 11 is 2.89. The van der Waals surface area contributed by atoms with Crippen LogP contribution in [0.4, 0.5) is 18.9 Å². The zero-order valence-corrected chi connectivity index (χ0v) is 17.7. The number of rotatable bonds is 8. The van der Waals surface area contributed by atoms with Gasteiger partial charge in [0, 0.05) is 18.5 Å². The van der Waals surface area contributed by atoms with Gasteiger partial charge >= 0.3 is 6.18 Å². The number of carbonyl (C=O) groups is 1. The molecule has 0 saturated heterocycles. The van der Waals surface area contributed by atoms with Gasteiger partial charge in [-0.05, 0) is 23.8 Å². The summed E-state index contributed by atoms with van der Waals surface area (Å²) in [6, 6.07) is 14.6. The molecule has 0 radical (unpaired) electrons. The van der Waals surface area contributed by atoms with Gasteiger partial charge in [0.05, 0.1) is 17.1 Å². The first-order valence-electron chi connectivity index (χ1n) is 8.93. The zero-order valence-electron chi connectivity index (χ0n) is 16.0. The van der Waals surface area contributed by atoms with Crippen LogP contribution in [0.3, 0.4) is 0 Å². The van der Waals surface area contributed by atoms with Crippen molar-refractivity contribution in [3.05, 3.63) is 71.5 Å². The number of thioether (sulfide) groups is 2. The van der Waals surface area contributed by atoms with Crippen LogP contribution in [0.15, 0.2) is 59.8 Å². The minimum Gasteiger partial charge on any atom is -0.325 e. The standard InChI is InChI=1S/C20H19F3N4OS2/c1-27-17(12-29-11-14-6-3-2-4-7-14)25-26-19(27)30-13-18(28)24-16-9-5-8-15(10-16)20(21,22)23/h2-10H,11-13H2,1H3,(H,24,28). The highest BCUT2D eigenvalue weighted by molar-refractivity contribution is 7.99. The lowest BCUT2D eigenvalue weighted by molar-refractivity contribution is -0.137. The van der Waals surface area contributed by atoms with E-state index in [1.165, 1.54) is 29.5 Å². The summed E-state index contributed by atoms with van der Waals surface area (Å²) in [5, 5.41) is 11.3. The second-order valence-corrected chi connectivity index (χ2v) is 8.28. The van der Waals surface area contributed by atoms with Crippen molar-refractivity contribution < 1.29 is 18.0 Å². The third-order valence-corrected chi connectivity index (χ3v) is 6.09. The lowest BCUT2D eigenvalue weighted by atomic mass is 10.2. The minimum absolute atomic E-state index is 0.0133. The first kappa shape index (κ1) is 22.2. The Hall–Kier alpha value is -2.46. The number of amides is 1. The summed E-state index contributed by atoms with van der Waals surface area (Å²) in [5.74, 6) is 1.92. The van der Waals surface area contributed by atoms with Crippen molar-refractivity contribution in [2.45, 2.75) is 22.8 Å². The summed E-state index contributed by atoms with van der Waals surface area (Å²) < 4.78 is 40.1. The Labute approximate surface area is 180 Å². The van der Waals surface area contributed by atoms with Crippen molar-refractivity contribution in [1.82, 2.24) is 14.8 Å². The van der Waals surface area contributed by atoms with E-state index in [0.29, 0.717) is 10.9 Å². The van der Waals surface area contributed by atoms with Crippen LogP contribution in [-0.4, -0.2) is 26.4 Å². The molecule has 10 heteroatoms. The van der Waals surface area contributed by atoms with E-state index in [1.807, 2.05) is 29.8 Å². The minimum atomic E-state index is -4.46. The summed E-state index contributed by atoms with van der Waals surface area (Å²) in [6.45, 7) is 0. The van der Waals surface area contributed by atoms with E-state index in [-0.39, 0.29) is 11.4 Å². The van der Waals surface area contributed by atoms with E-state index < -0.39 is 17.6 Å². The molecule has 0 aliphatic carbocycles. The normalized spacial score (nSPS) is 11.5. The quantitative estimate of drug-likeness (QED) is 0.488. The molecule has 1 amide bonds. The van der Waals surface area contributed by atoms with Crippen molar-refractivity contribution in [2.24, 2.45) is 7.05 Å². The van der Waals surface area contributed by atoms with Crippen LogP contribution in [0, 0.1) is 0 Å². The van der Waals surface area contributed by atoms with Crippen molar-refractivity contribution in [1.29, 1.82) is 0 Å².